The number of anilines is 1. The van der Waals surface area contributed by atoms with Crippen molar-refractivity contribution in [2.75, 3.05) is 10.8 Å². The molecular weight excluding hydrogens is 595 g/mol. The van der Waals surface area contributed by atoms with Crippen LogP contribution in [-0.4, -0.2) is 43.8 Å². The Bertz CT molecular complexity index is 1670. The molecule has 0 heterocycles. The summed E-state index contributed by atoms with van der Waals surface area (Å²) in [6.45, 7) is 3.83. The maximum atomic E-state index is 14.6. The van der Waals surface area contributed by atoms with Crippen molar-refractivity contribution in [1.29, 1.82) is 0 Å². The molecule has 1 fully saturated rings. The Labute approximate surface area is 273 Å². The van der Waals surface area contributed by atoms with Gasteiger partial charge in [-0.15, -0.1) is 0 Å². The van der Waals surface area contributed by atoms with Gasteiger partial charge in [-0.2, -0.15) is 0 Å². The number of rotatable bonds is 13. The molecule has 0 spiro atoms. The van der Waals surface area contributed by atoms with Gasteiger partial charge in [0.05, 0.1) is 10.6 Å². The molecule has 4 aromatic carbocycles. The van der Waals surface area contributed by atoms with Crippen LogP contribution in [0.15, 0.2) is 120 Å². The fourth-order valence-corrected chi connectivity index (χ4v) is 7.41. The maximum Gasteiger partial charge on any atom is 0.264 e. The third-order valence-corrected chi connectivity index (χ3v) is 10.4. The lowest BCUT2D eigenvalue weighted by Gasteiger charge is -2.34. The normalized spacial score (nSPS) is 14.2. The highest BCUT2D eigenvalue weighted by atomic mass is 32.2. The van der Waals surface area contributed by atoms with E-state index in [0.29, 0.717) is 12.1 Å². The van der Waals surface area contributed by atoms with Gasteiger partial charge in [-0.25, -0.2) is 8.42 Å². The predicted molar refractivity (Wildman–Crippen MR) is 183 cm³/mol. The lowest BCUT2D eigenvalue weighted by Crippen LogP contribution is -2.54. The van der Waals surface area contributed by atoms with E-state index in [4.69, 9.17) is 0 Å². The SMILES string of the molecule is CC(C)c1ccc(N(CC(=O)N(Cc2ccccc2)[C@@H](Cc2ccccc2)C(=O)NC2CCCC2)S(=O)(=O)c2ccccc2)cc1. The Balaban J connectivity index is 1.55. The highest BCUT2D eigenvalue weighted by molar-refractivity contribution is 7.92. The molecule has 4 aromatic rings. The van der Waals surface area contributed by atoms with Gasteiger partial charge in [0.15, 0.2) is 0 Å². The number of carbonyl (C=O) groups excluding carboxylic acids is 2. The number of nitrogens with one attached hydrogen (secondary N) is 1. The first-order valence-electron chi connectivity index (χ1n) is 16.1. The number of carbonyl (C=O) groups is 2. The Hall–Kier alpha value is -4.43. The monoisotopic (exact) mass is 637 g/mol. The molecule has 7 nitrogen and oxygen atoms in total. The van der Waals surface area contributed by atoms with Gasteiger partial charge < -0.3 is 10.2 Å². The number of benzene rings is 4. The van der Waals surface area contributed by atoms with Crippen LogP contribution in [0.1, 0.15) is 62.1 Å². The molecule has 0 bridgehead atoms. The second-order valence-electron chi connectivity index (χ2n) is 12.3. The molecule has 1 atom stereocenters. The van der Waals surface area contributed by atoms with Crippen molar-refractivity contribution < 1.29 is 18.0 Å². The lowest BCUT2D eigenvalue weighted by atomic mass is 10.0. The first kappa shape index (κ1) is 32.9. The molecule has 0 saturated heterocycles. The molecule has 0 unspecified atom stereocenters. The van der Waals surface area contributed by atoms with Crippen molar-refractivity contribution in [3.63, 3.8) is 0 Å². The average Bonchev–Trinajstić information content (AvgIpc) is 3.59. The quantitative estimate of drug-likeness (QED) is 0.177. The number of sulfonamides is 1. The van der Waals surface area contributed by atoms with Crippen LogP contribution in [0.5, 0.6) is 0 Å². The van der Waals surface area contributed by atoms with Gasteiger partial charge in [-0.1, -0.05) is 118 Å². The molecule has 240 valence electrons. The molecule has 8 heteroatoms. The Morgan fingerprint density at radius 1 is 0.761 bits per heavy atom. The summed E-state index contributed by atoms with van der Waals surface area (Å²) in [6, 6.07) is 33.8. The summed E-state index contributed by atoms with van der Waals surface area (Å²) < 4.78 is 29.5. The summed E-state index contributed by atoms with van der Waals surface area (Å²) >= 11 is 0. The second-order valence-corrected chi connectivity index (χ2v) is 14.1. The van der Waals surface area contributed by atoms with Gasteiger partial charge >= 0.3 is 0 Å². The minimum Gasteiger partial charge on any atom is -0.352 e. The molecule has 1 aliphatic carbocycles. The standard InChI is InChI=1S/C38H43N3O4S/c1-29(2)32-22-24-34(25-23-32)41(46(44,45)35-20-10-5-11-21-35)28-37(42)40(27-31-16-8-4-9-17-31)36(26-30-14-6-3-7-15-30)38(43)39-33-18-12-13-19-33/h3-11,14-17,20-25,29,33,36H,12-13,18-19,26-28H2,1-2H3,(H,39,43)/t36-/m0/s1. The van der Waals surface area contributed by atoms with Crippen LogP contribution in [0, 0.1) is 0 Å². The smallest absolute Gasteiger partial charge is 0.264 e. The van der Waals surface area contributed by atoms with E-state index in [2.05, 4.69) is 19.2 Å². The predicted octanol–water partition coefficient (Wildman–Crippen LogP) is 6.70. The van der Waals surface area contributed by atoms with Crippen LogP contribution < -0.4 is 9.62 Å². The van der Waals surface area contributed by atoms with E-state index in [1.807, 2.05) is 72.8 Å². The number of hydrogen-bond donors (Lipinski definition) is 1. The minimum absolute atomic E-state index is 0.0638. The van der Waals surface area contributed by atoms with Crippen LogP contribution in [0.2, 0.25) is 0 Å². The summed E-state index contributed by atoms with van der Waals surface area (Å²) in [5.74, 6) is -0.425. The molecule has 0 aromatic heterocycles. The van der Waals surface area contributed by atoms with E-state index in [9.17, 15) is 18.0 Å². The third kappa shape index (κ3) is 8.23. The van der Waals surface area contributed by atoms with E-state index in [0.717, 1.165) is 42.4 Å². The Kier molecular flexibility index (Phi) is 10.9. The minimum atomic E-state index is -4.13. The van der Waals surface area contributed by atoms with Crippen LogP contribution in [0.3, 0.4) is 0 Å². The Morgan fingerprint density at radius 3 is 1.87 bits per heavy atom. The molecule has 5 rings (SSSR count). The van der Waals surface area contributed by atoms with E-state index < -0.39 is 28.5 Å². The van der Waals surface area contributed by atoms with E-state index in [1.165, 1.54) is 16.4 Å². The molecule has 2 amide bonds. The number of amides is 2. The molecule has 0 radical (unpaired) electrons. The zero-order valence-electron chi connectivity index (χ0n) is 26.6. The van der Waals surface area contributed by atoms with Gasteiger partial charge in [0.1, 0.15) is 12.6 Å². The number of nitrogens with zero attached hydrogens (tertiary/aromatic N) is 2. The second kappa shape index (κ2) is 15.2. The summed E-state index contributed by atoms with van der Waals surface area (Å²) in [4.78, 5) is 30.3. The molecular formula is C38H43N3O4S. The van der Waals surface area contributed by atoms with Crippen molar-refractivity contribution in [1.82, 2.24) is 10.2 Å². The first-order chi connectivity index (χ1) is 22.2. The van der Waals surface area contributed by atoms with E-state index in [-0.39, 0.29) is 29.3 Å². The zero-order chi connectivity index (χ0) is 32.5. The van der Waals surface area contributed by atoms with Gasteiger partial charge in [-0.3, -0.25) is 13.9 Å². The van der Waals surface area contributed by atoms with Gasteiger partial charge in [0.25, 0.3) is 10.0 Å². The highest BCUT2D eigenvalue weighted by Gasteiger charge is 2.35. The van der Waals surface area contributed by atoms with Crippen LogP contribution in [0.4, 0.5) is 5.69 Å². The molecule has 1 N–H and O–H groups in total. The van der Waals surface area contributed by atoms with E-state index >= 15 is 0 Å². The topological polar surface area (TPSA) is 86.8 Å². The van der Waals surface area contributed by atoms with Gasteiger partial charge in [0, 0.05) is 19.0 Å². The van der Waals surface area contributed by atoms with E-state index in [1.54, 1.807) is 35.2 Å². The van der Waals surface area contributed by atoms with Gasteiger partial charge in [-0.05, 0) is 59.7 Å². The van der Waals surface area contributed by atoms with Gasteiger partial charge in [0.2, 0.25) is 11.8 Å². The van der Waals surface area contributed by atoms with Crippen molar-refractivity contribution in [3.8, 4) is 0 Å². The fourth-order valence-electron chi connectivity index (χ4n) is 5.98. The summed E-state index contributed by atoms with van der Waals surface area (Å²) in [7, 11) is -4.13. The molecule has 0 aliphatic heterocycles. The molecule has 46 heavy (non-hydrogen) atoms. The number of hydrogen-bond acceptors (Lipinski definition) is 4. The zero-order valence-corrected chi connectivity index (χ0v) is 27.4. The third-order valence-electron chi connectivity index (χ3n) is 8.63. The van der Waals surface area contributed by atoms with Crippen molar-refractivity contribution in [3.05, 3.63) is 132 Å². The van der Waals surface area contributed by atoms with Crippen molar-refractivity contribution in [2.45, 2.75) is 75.4 Å². The lowest BCUT2D eigenvalue weighted by molar-refractivity contribution is -0.140. The largest absolute Gasteiger partial charge is 0.352 e. The van der Waals surface area contributed by atoms with Crippen LogP contribution in [-0.2, 0) is 32.6 Å². The Morgan fingerprint density at radius 2 is 1.30 bits per heavy atom. The summed E-state index contributed by atoms with van der Waals surface area (Å²) in [6.07, 6.45) is 4.23. The summed E-state index contributed by atoms with van der Waals surface area (Å²) in [5, 5.41) is 3.21. The average molecular weight is 638 g/mol. The van der Waals surface area contributed by atoms with Crippen LogP contribution >= 0.6 is 0 Å². The fraction of sp³-hybridized carbons (Fsp3) is 0.316. The van der Waals surface area contributed by atoms with Crippen molar-refractivity contribution in [2.24, 2.45) is 0 Å². The van der Waals surface area contributed by atoms with Crippen molar-refractivity contribution >= 4 is 27.5 Å². The van der Waals surface area contributed by atoms with Crippen LogP contribution in [0.25, 0.3) is 0 Å². The maximum absolute atomic E-state index is 14.6. The molecule has 1 aliphatic rings. The first-order valence-corrected chi connectivity index (χ1v) is 17.5. The highest BCUT2D eigenvalue weighted by Crippen LogP contribution is 2.27. The molecule has 1 saturated carbocycles. The summed E-state index contributed by atoms with van der Waals surface area (Å²) in [5.41, 5.74) is 3.21.